The van der Waals surface area contributed by atoms with Crippen LogP contribution in [0.3, 0.4) is 0 Å². The van der Waals surface area contributed by atoms with Crippen molar-refractivity contribution < 1.29 is 18.3 Å². The summed E-state index contributed by atoms with van der Waals surface area (Å²) in [5, 5.41) is 8.77. The van der Waals surface area contributed by atoms with E-state index in [1.807, 2.05) is 0 Å². The van der Waals surface area contributed by atoms with Crippen LogP contribution in [-0.4, -0.2) is 38.8 Å². The summed E-state index contributed by atoms with van der Waals surface area (Å²) in [6, 6.07) is 4.88. The molecule has 6 heteroatoms. The number of fused-ring (bicyclic) bond motifs is 1. The topological polar surface area (TPSA) is 74.7 Å². The van der Waals surface area contributed by atoms with Crippen molar-refractivity contribution in [1.82, 2.24) is 0 Å². The number of sulfone groups is 1. The quantitative estimate of drug-likeness (QED) is 0.853. The zero-order valence-corrected chi connectivity index (χ0v) is 10.2. The molecule has 1 aromatic rings. The number of aliphatic carboxylic acids is 1. The van der Waals surface area contributed by atoms with Crippen molar-refractivity contribution in [3.63, 3.8) is 0 Å². The Bertz CT molecular complexity index is 565. The van der Waals surface area contributed by atoms with Crippen LogP contribution < -0.4 is 4.90 Å². The molecule has 0 aromatic heterocycles. The molecule has 1 N–H and O–H groups in total. The van der Waals surface area contributed by atoms with E-state index < -0.39 is 15.8 Å². The lowest BCUT2D eigenvalue weighted by Crippen LogP contribution is -2.27. The molecule has 0 bridgehead atoms. The minimum absolute atomic E-state index is 0.0970. The molecular formula is C11H13NO4S. The monoisotopic (exact) mass is 255 g/mol. The van der Waals surface area contributed by atoms with Crippen LogP contribution in [0.1, 0.15) is 5.56 Å². The Morgan fingerprint density at radius 1 is 1.47 bits per heavy atom. The van der Waals surface area contributed by atoms with Crippen molar-refractivity contribution in [2.45, 2.75) is 11.3 Å². The van der Waals surface area contributed by atoms with E-state index in [0.29, 0.717) is 6.54 Å². The summed E-state index contributed by atoms with van der Waals surface area (Å²) >= 11 is 0. The first-order chi connectivity index (χ1) is 7.88. The van der Waals surface area contributed by atoms with Crippen molar-refractivity contribution in [3.05, 3.63) is 23.8 Å². The zero-order chi connectivity index (χ0) is 12.6. The summed E-state index contributed by atoms with van der Waals surface area (Å²) in [5.41, 5.74) is 1.72. The molecule has 92 valence electrons. The molecule has 17 heavy (non-hydrogen) atoms. The maximum Gasteiger partial charge on any atom is 0.323 e. The fraction of sp³-hybridized carbons (Fsp3) is 0.364. The Morgan fingerprint density at radius 3 is 2.76 bits per heavy atom. The van der Waals surface area contributed by atoms with Gasteiger partial charge < -0.3 is 10.0 Å². The van der Waals surface area contributed by atoms with Crippen LogP contribution in [0.2, 0.25) is 0 Å². The van der Waals surface area contributed by atoms with Gasteiger partial charge in [0.2, 0.25) is 0 Å². The number of anilines is 1. The van der Waals surface area contributed by atoms with E-state index in [9.17, 15) is 13.2 Å². The number of carboxylic acid groups (broad SMARTS) is 1. The first kappa shape index (κ1) is 11.9. The summed E-state index contributed by atoms with van der Waals surface area (Å²) in [6.45, 7) is 0.523. The second kappa shape index (κ2) is 4.03. The summed E-state index contributed by atoms with van der Waals surface area (Å²) < 4.78 is 22.9. The summed E-state index contributed by atoms with van der Waals surface area (Å²) in [7, 11) is -3.25. The minimum atomic E-state index is -3.25. The average Bonchev–Trinajstić information content (AvgIpc) is 2.59. The number of nitrogens with zero attached hydrogens (tertiary/aromatic N) is 1. The molecule has 0 aliphatic carbocycles. The fourth-order valence-corrected chi connectivity index (χ4v) is 2.62. The van der Waals surface area contributed by atoms with Gasteiger partial charge in [0.1, 0.15) is 6.54 Å². The molecule has 1 aromatic carbocycles. The highest BCUT2D eigenvalue weighted by Crippen LogP contribution is 2.30. The predicted molar refractivity (Wildman–Crippen MR) is 63.1 cm³/mol. The van der Waals surface area contributed by atoms with E-state index in [1.165, 1.54) is 0 Å². The molecule has 5 nitrogen and oxygen atoms in total. The van der Waals surface area contributed by atoms with Crippen molar-refractivity contribution in [1.29, 1.82) is 0 Å². The van der Waals surface area contributed by atoms with E-state index in [0.717, 1.165) is 23.9 Å². The van der Waals surface area contributed by atoms with Crippen LogP contribution in [0.5, 0.6) is 0 Å². The first-order valence-electron chi connectivity index (χ1n) is 5.17. The molecule has 1 aliphatic rings. The average molecular weight is 255 g/mol. The predicted octanol–water partition coefficient (Wildman–Crippen LogP) is 0.537. The van der Waals surface area contributed by atoms with E-state index in [4.69, 9.17) is 5.11 Å². The van der Waals surface area contributed by atoms with Gasteiger partial charge in [-0.25, -0.2) is 8.42 Å². The summed E-state index contributed by atoms with van der Waals surface area (Å²) in [4.78, 5) is 12.6. The van der Waals surface area contributed by atoms with Crippen LogP contribution in [0.25, 0.3) is 0 Å². The number of hydrogen-bond donors (Lipinski definition) is 1. The molecule has 0 radical (unpaired) electrons. The lowest BCUT2D eigenvalue weighted by molar-refractivity contribution is -0.135. The van der Waals surface area contributed by atoms with Crippen LogP contribution in [-0.2, 0) is 21.1 Å². The number of rotatable bonds is 3. The van der Waals surface area contributed by atoms with E-state index in [2.05, 4.69) is 0 Å². The third-order valence-electron chi connectivity index (χ3n) is 2.80. The van der Waals surface area contributed by atoms with Gasteiger partial charge in [0.05, 0.1) is 4.90 Å². The van der Waals surface area contributed by atoms with E-state index >= 15 is 0 Å². The van der Waals surface area contributed by atoms with Crippen molar-refractivity contribution >= 4 is 21.5 Å². The normalized spacial score (nSPS) is 14.8. The zero-order valence-electron chi connectivity index (χ0n) is 9.38. The SMILES string of the molecule is CS(=O)(=O)c1ccc2c(c1)N(CC(=O)O)CC2. The first-order valence-corrected chi connectivity index (χ1v) is 7.07. The highest BCUT2D eigenvalue weighted by molar-refractivity contribution is 7.90. The fourth-order valence-electron chi connectivity index (χ4n) is 1.98. The maximum atomic E-state index is 11.4. The third-order valence-corrected chi connectivity index (χ3v) is 3.91. The van der Waals surface area contributed by atoms with Crippen LogP contribution in [0.15, 0.2) is 23.1 Å². The van der Waals surface area contributed by atoms with Crippen LogP contribution >= 0.6 is 0 Å². The smallest absolute Gasteiger partial charge is 0.323 e. The molecule has 1 heterocycles. The van der Waals surface area contributed by atoms with Gasteiger partial charge in [-0.3, -0.25) is 4.79 Å². The van der Waals surface area contributed by atoms with Crippen molar-refractivity contribution in [2.75, 3.05) is 24.2 Å². The lowest BCUT2D eigenvalue weighted by Gasteiger charge is -2.16. The highest BCUT2D eigenvalue weighted by atomic mass is 32.2. The molecular weight excluding hydrogens is 242 g/mol. The van der Waals surface area contributed by atoms with Crippen molar-refractivity contribution in [2.24, 2.45) is 0 Å². The van der Waals surface area contributed by atoms with Gasteiger partial charge in [-0.05, 0) is 24.1 Å². The van der Waals surface area contributed by atoms with Gasteiger partial charge in [0, 0.05) is 18.5 Å². The van der Waals surface area contributed by atoms with Gasteiger partial charge in [-0.1, -0.05) is 6.07 Å². The molecule has 2 rings (SSSR count). The molecule has 0 saturated carbocycles. The number of hydrogen-bond acceptors (Lipinski definition) is 4. The van der Waals surface area contributed by atoms with E-state index in [-0.39, 0.29) is 11.4 Å². The molecule has 0 unspecified atom stereocenters. The molecule has 0 amide bonds. The van der Waals surface area contributed by atoms with Gasteiger partial charge in [0.25, 0.3) is 0 Å². The Kier molecular flexibility index (Phi) is 2.82. The number of carboxylic acids is 1. The number of benzene rings is 1. The van der Waals surface area contributed by atoms with Crippen LogP contribution in [0, 0.1) is 0 Å². The van der Waals surface area contributed by atoms with Gasteiger partial charge in [0.15, 0.2) is 9.84 Å². The molecule has 0 saturated heterocycles. The second-order valence-corrected chi connectivity index (χ2v) is 6.14. The molecule has 0 fully saturated rings. The molecule has 0 atom stereocenters. The standard InChI is InChI=1S/C11H13NO4S/c1-17(15,16)9-3-2-8-4-5-12(7-11(13)14)10(8)6-9/h2-3,6H,4-5,7H2,1H3,(H,13,14). The van der Waals surface area contributed by atoms with Gasteiger partial charge >= 0.3 is 5.97 Å². The molecule has 1 aliphatic heterocycles. The van der Waals surface area contributed by atoms with Crippen molar-refractivity contribution in [3.8, 4) is 0 Å². The van der Waals surface area contributed by atoms with Gasteiger partial charge in [-0.15, -0.1) is 0 Å². The Morgan fingerprint density at radius 2 is 2.18 bits per heavy atom. The van der Waals surface area contributed by atoms with Gasteiger partial charge in [-0.2, -0.15) is 0 Å². The molecule has 0 spiro atoms. The maximum absolute atomic E-state index is 11.4. The Hall–Kier alpha value is -1.56. The Balaban J connectivity index is 2.40. The second-order valence-electron chi connectivity index (χ2n) is 4.13. The van der Waals surface area contributed by atoms with E-state index in [1.54, 1.807) is 23.1 Å². The largest absolute Gasteiger partial charge is 0.480 e. The number of carbonyl (C=O) groups is 1. The van der Waals surface area contributed by atoms with Crippen LogP contribution in [0.4, 0.5) is 5.69 Å². The summed E-state index contributed by atoms with van der Waals surface area (Å²) in [5.74, 6) is -0.914. The minimum Gasteiger partial charge on any atom is -0.480 e. The lowest BCUT2D eigenvalue weighted by atomic mass is 10.2. The summed E-state index contributed by atoms with van der Waals surface area (Å²) in [6.07, 6.45) is 1.90. The highest BCUT2D eigenvalue weighted by Gasteiger charge is 2.22. The third kappa shape index (κ3) is 2.41. The Labute approximate surface area is 99.6 Å².